The molecule has 0 spiro atoms. The van der Waals surface area contributed by atoms with E-state index in [2.05, 4.69) is 10.2 Å². The number of hydrogen-bond donors (Lipinski definition) is 1. The molecule has 1 aliphatic carbocycles. The molecule has 2 nitrogen and oxygen atoms in total. The lowest BCUT2D eigenvalue weighted by Gasteiger charge is -2.33. The van der Waals surface area contributed by atoms with Gasteiger partial charge in [0.1, 0.15) is 0 Å². The first-order chi connectivity index (χ1) is 10.0. The maximum absolute atomic E-state index is 13.0. The van der Waals surface area contributed by atoms with Crippen LogP contribution < -0.4 is 5.32 Å². The summed E-state index contributed by atoms with van der Waals surface area (Å²) in [7, 11) is 0. The van der Waals surface area contributed by atoms with Gasteiger partial charge in [-0.25, -0.2) is 0 Å². The van der Waals surface area contributed by atoms with Crippen LogP contribution in [0.5, 0.6) is 0 Å². The topological polar surface area (TPSA) is 15.3 Å². The van der Waals surface area contributed by atoms with E-state index in [0.717, 1.165) is 25.9 Å². The van der Waals surface area contributed by atoms with Crippen molar-refractivity contribution in [3.63, 3.8) is 0 Å². The van der Waals surface area contributed by atoms with Crippen LogP contribution in [0, 0.1) is 0 Å². The Balaban J connectivity index is 1.65. The molecule has 5 heteroatoms. The standard InChI is InChI=1S/C16H21F3N2/c17-16(18,19)15-6-2-1-4-12(15)10-21-9-3-5-14(11-21)20-13-7-8-13/h1-2,4,6,13-14,20H,3,5,7-11H2. The van der Waals surface area contributed by atoms with Gasteiger partial charge in [0.2, 0.25) is 0 Å². The molecule has 2 fully saturated rings. The monoisotopic (exact) mass is 298 g/mol. The predicted molar refractivity (Wildman–Crippen MR) is 75.9 cm³/mol. The van der Waals surface area contributed by atoms with Gasteiger partial charge in [-0.1, -0.05) is 18.2 Å². The zero-order chi connectivity index (χ0) is 14.9. The Morgan fingerprint density at radius 3 is 2.57 bits per heavy atom. The summed E-state index contributed by atoms with van der Waals surface area (Å²) in [5, 5.41) is 3.59. The Hall–Kier alpha value is -1.07. The average molecular weight is 298 g/mol. The average Bonchev–Trinajstić information content (AvgIpc) is 3.22. The lowest BCUT2D eigenvalue weighted by molar-refractivity contribution is -0.138. The Morgan fingerprint density at radius 1 is 1.10 bits per heavy atom. The molecular weight excluding hydrogens is 277 g/mol. The van der Waals surface area contributed by atoms with Crippen molar-refractivity contribution in [1.82, 2.24) is 10.2 Å². The summed E-state index contributed by atoms with van der Waals surface area (Å²) in [6.07, 6.45) is 0.408. The fourth-order valence-electron chi connectivity index (χ4n) is 3.09. The molecule has 21 heavy (non-hydrogen) atoms. The molecule has 1 saturated carbocycles. The number of likely N-dealkylation sites (tertiary alicyclic amines) is 1. The molecule has 1 saturated heterocycles. The highest BCUT2D eigenvalue weighted by Gasteiger charge is 2.34. The van der Waals surface area contributed by atoms with Gasteiger partial charge in [-0.3, -0.25) is 4.90 Å². The third-order valence-electron chi connectivity index (χ3n) is 4.27. The number of alkyl halides is 3. The summed E-state index contributed by atoms with van der Waals surface area (Å²) in [6.45, 7) is 2.12. The van der Waals surface area contributed by atoms with Gasteiger partial charge in [0, 0.05) is 25.2 Å². The zero-order valence-electron chi connectivity index (χ0n) is 12.0. The van der Waals surface area contributed by atoms with Gasteiger partial charge >= 0.3 is 6.18 Å². The van der Waals surface area contributed by atoms with Crippen LogP contribution in [0.25, 0.3) is 0 Å². The van der Waals surface area contributed by atoms with Gasteiger partial charge in [0.05, 0.1) is 5.56 Å². The molecule has 0 bridgehead atoms. The van der Waals surface area contributed by atoms with Crippen LogP contribution >= 0.6 is 0 Å². The molecule has 1 atom stereocenters. The van der Waals surface area contributed by atoms with Crippen molar-refractivity contribution in [2.45, 2.75) is 50.5 Å². The molecule has 116 valence electrons. The van der Waals surface area contributed by atoms with Gasteiger partial charge < -0.3 is 5.32 Å². The van der Waals surface area contributed by atoms with E-state index in [1.807, 2.05) is 0 Å². The molecular formula is C16H21F3N2. The van der Waals surface area contributed by atoms with Crippen LogP contribution in [0.15, 0.2) is 24.3 Å². The minimum Gasteiger partial charge on any atom is -0.310 e. The normalized spacial score (nSPS) is 24.2. The minimum absolute atomic E-state index is 0.386. The first kappa shape index (κ1) is 14.9. The molecule has 0 amide bonds. The fourth-order valence-corrected chi connectivity index (χ4v) is 3.09. The third-order valence-corrected chi connectivity index (χ3v) is 4.27. The van der Waals surface area contributed by atoms with Gasteiger partial charge in [-0.15, -0.1) is 0 Å². The van der Waals surface area contributed by atoms with E-state index in [9.17, 15) is 13.2 Å². The molecule has 3 rings (SSSR count). The van der Waals surface area contributed by atoms with E-state index in [1.54, 1.807) is 12.1 Å². The Morgan fingerprint density at radius 2 is 1.86 bits per heavy atom. The first-order valence-corrected chi connectivity index (χ1v) is 7.66. The third kappa shape index (κ3) is 3.98. The summed E-state index contributed by atoms with van der Waals surface area (Å²) in [5.41, 5.74) is -0.112. The molecule has 1 unspecified atom stereocenters. The van der Waals surface area contributed by atoms with Crippen molar-refractivity contribution in [3.05, 3.63) is 35.4 Å². The number of rotatable bonds is 4. The maximum atomic E-state index is 13.0. The molecule has 1 aliphatic heterocycles. The molecule has 2 aliphatic rings. The van der Waals surface area contributed by atoms with E-state index in [-0.39, 0.29) is 0 Å². The summed E-state index contributed by atoms with van der Waals surface area (Å²) in [6, 6.07) is 7.01. The molecule has 0 aromatic heterocycles. The summed E-state index contributed by atoms with van der Waals surface area (Å²) < 4.78 is 39.1. The summed E-state index contributed by atoms with van der Waals surface area (Å²) >= 11 is 0. The highest BCUT2D eigenvalue weighted by molar-refractivity contribution is 5.29. The Bertz CT molecular complexity index is 483. The zero-order valence-corrected chi connectivity index (χ0v) is 12.0. The van der Waals surface area contributed by atoms with Crippen molar-refractivity contribution in [1.29, 1.82) is 0 Å². The molecule has 1 N–H and O–H groups in total. The SMILES string of the molecule is FC(F)(F)c1ccccc1CN1CCCC(NC2CC2)C1. The second-order valence-electron chi connectivity index (χ2n) is 6.17. The van der Waals surface area contributed by atoms with E-state index >= 15 is 0 Å². The summed E-state index contributed by atoms with van der Waals surface area (Å²) in [5.74, 6) is 0. The van der Waals surface area contributed by atoms with E-state index < -0.39 is 11.7 Å². The van der Waals surface area contributed by atoms with Crippen molar-refractivity contribution in [2.24, 2.45) is 0 Å². The fraction of sp³-hybridized carbons (Fsp3) is 0.625. The lowest BCUT2D eigenvalue weighted by Crippen LogP contribution is -2.46. The Kier molecular flexibility index (Phi) is 4.22. The van der Waals surface area contributed by atoms with Crippen LogP contribution in [-0.2, 0) is 12.7 Å². The highest BCUT2D eigenvalue weighted by Crippen LogP contribution is 2.32. The maximum Gasteiger partial charge on any atom is 0.416 e. The minimum atomic E-state index is -4.27. The van der Waals surface area contributed by atoms with Crippen molar-refractivity contribution in [2.75, 3.05) is 13.1 Å². The second-order valence-corrected chi connectivity index (χ2v) is 6.17. The van der Waals surface area contributed by atoms with Crippen LogP contribution in [0.2, 0.25) is 0 Å². The largest absolute Gasteiger partial charge is 0.416 e. The van der Waals surface area contributed by atoms with Crippen molar-refractivity contribution < 1.29 is 13.2 Å². The van der Waals surface area contributed by atoms with Gasteiger partial charge in [-0.2, -0.15) is 13.2 Å². The van der Waals surface area contributed by atoms with Crippen LogP contribution in [0.1, 0.15) is 36.8 Å². The molecule has 1 heterocycles. The van der Waals surface area contributed by atoms with Crippen LogP contribution in [-0.4, -0.2) is 30.1 Å². The Labute approximate surface area is 123 Å². The lowest BCUT2D eigenvalue weighted by atomic mass is 10.0. The van der Waals surface area contributed by atoms with Crippen molar-refractivity contribution in [3.8, 4) is 0 Å². The van der Waals surface area contributed by atoms with E-state index in [4.69, 9.17) is 0 Å². The van der Waals surface area contributed by atoms with E-state index in [1.165, 1.54) is 25.0 Å². The molecule has 0 radical (unpaired) electrons. The second kappa shape index (κ2) is 5.97. The quantitative estimate of drug-likeness (QED) is 0.916. The highest BCUT2D eigenvalue weighted by atomic mass is 19.4. The van der Waals surface area contributed by atoms with Crippen LogP contribution in [0.3, 0.4) is 0 Å². The number of nitrogens with one attached hydrogen (secondary N) is 1. The van der Waals surface area contributed by atoms with Crippen molar-refractivity contribution >= 4 is 0 Å². The van der Waals surface area contributed by atoms with Gasteiger partial charge in [-0.05, 0) is 43.9 Å². The van der Waals surface area contributed by atoms with Gasteiger partial charge in [0.15, 0.2) is 0 Å². The number of benzene rings is 1. The molecule has 1 aromatic carbocycles. The smallest absolute Gasteiger partial charge is 0.310 e. The number of nitrogens with zero attached hydrogens (tertiary/aromatic N) is 1. The number of hydrogen-bond acceptors (Lipinski definition) is 2. The number of piperidine rings is 1. The predicted octanol–water partition coefficient (Wildman–Crippen LogP) is 3.42. The van der Waals surface area contributed by atoms with Gasteiger partial charge in [0.25, 0.3) is 0 Å². The van der Waals surface area contributed by atoms with Crippen LogP contribution in [0.4, 0.5) is 13.2 Å². The number of halogens is 3. The van der Waals surface area contributed by atoms with E-state index in [0.29, 0.717) is 24.2 Å². The molecule has 1 aromatic rings. The first-order valence-electron chi connectivity index (χ1n) is 7.66. The summed E-state index contributed by atoms with van der Waals surface area (Å²) in [4.78, 5) is 2.15.